The Bertz CT molecular complexity index is 1180. The molecule has 0 amide bonds. The minimum atomic E-state index is 0.160. The van der Waals surface area contributed by atoms with Gasteiger partial charge in [-0.1, -0.05) is 36.4 Å². The molecule has 0 saturated carbocycles. The Hall–Kier alpha value is -3.77. The molecule has 1 heterocycles. The van der Waals surface area contributed by atoms with Crippen molar-refractivity contribution < 1.29 is 14.2 Å². The van der Waals surface area contributed by atoms with Gasteiger partial charge in [-0.15, -0.1) is 0 Å². The topological polar surface area (TPSA) is 82.4 Å². The van der Waals surface area contributed by atoms with Crippen LogP contribution < -0.4 is 15.2 Å². The molecular formula is C24H23N3O3. The molecule has 3 N–H and O–H groups in total. The van der Waals surface area contributed by atoms with Gasteiger partial charge in [0.05, 0.1) is 18.3 Å². The number of nitrogens with zero attached hydrogens (tertiary/aromatic N) is 1. The Balaban J connectivity index is 1.75. The molecule has 4 rings (SSSR count). The fourth-order valence-electron chi connectivity index (χ4n) is 3.32. The minimum absolute atomic E-state index is 0.160. The first-order valence-electron chi connectivity index (χ1n) is 9.50. The third-order valence-corrected chi connectivity index (χ3v) is 4.79. The van der Waals surface area contributed by atoms with Gasteiger partial charge in [-0.2, -0.15) is 5.10 Å². The Kier molecular flexibility index (Phi) is 5.68. The SMILES string of the molecule is COCOc1ccc(-c2cccc3[nH]nc(/C=C/c4ccc(N)cc4)c23)cc1OC. The van der Waals surface area contributed by atoms with Gasteiger partial charge in [0, 0.05) is 18.2 Å². The number of hydrogen-bond donors (Lipinski definition) is 2. The van der Waals surface area contributed by atoms with E-state index >= 15 is 0 Å². The van der Waals surface area contributed by atoms with Gasteiger partial charge in [0.1, 0.15) is 0 Å². The molecule has 6 nitrogen and oxygen atoms in total. The lowest BCUT2D eigenvalue weighted by atomic mass is 9.99. The maximum atomic E-state index is 5.77. The van der Waals surface area contributed by atoms with Crippen molar-refractivity contribution in [2.24, 2.45) is 0 Å². The molecule has 0 saturated heterocycles. The number of hydrogen-bond acceptors (Lipinski definition) is 5. The number of ether oxygens (including phenoxy) is 3. The van der Waals surface area contributed by atoms with Crippen LogP contribution in [0.5, 0.6) is 11.5 Å². The number of methoxy groups -OCH3 is 2. The fourth-order valence-corrected chi connectivity index (χ4v) is 3.32. The number of fused-ring (bicyclic) bond motifs is 1. The first kappa shape index (κ1) is 19.5. The van der Waals surface area contributed by atoms with Crippen LogP contribution >= 0.6 is 0 Å². The molecule has 0 radical (unpaired) electrons. The zero-order valence-electron chi connectivity index (χ0n) is 16.9. The number of anilines is 1. The van der Waals surface area contributed by atoms with Crippen LogP contribution in [-0.2, 0) is 4.74 Å². The maximum absolute atomic E-state index is 5.77. The number of benzene rings is 3. The van der Waals surface area contributed by atoms with Crippen molar-refractivity contribution >= 4 is 28.7 Å². The van der Waals surface area contributed by atoms with Gasteiger partial charge in [0.2, 0.25) is 0 Å². The molecule has 0 fully saturated rings. The Labute approximate surface area is 174 Å². The first-order chi connectivity index (χ1) is 14.7. The van der Waals surface area contributed by atoms with Crippen molar-refractivity contribution in [2.75, 3.05) is 26.7 Å². The smallest absolute Gasteiger partial charge is 0.188 e. The van der Waals surface area contributed by atoms with E-state index in [1.165, 1.54) is 0 Å². The molecule has 0 aliphatic carbocycles. The molecular weight excluding hydrogens is 378 g/mol. The number of nitrogens with two attached hydrogens (primary N) is 1. The number of nitrogens with one attached hydrogen (secondary N) is 1. The van der Waals surface area contributed by atoms with Gasteiger partial charge in [0.15, 0.2) is 18.3 Å². The predicted molar refractivity (Wildman–Crippen MR) is 120 cm³/mol. The second kappa shape index (κ2) is 8.71. The van der Waals surface area contributed by atoms with Crippen molar-refractivity contribution in [1.82, 2.24) is 10.2 Å². The molecule has 0 unspecified atom stereocenters. The summed E-state index contributed by atoms with van der Waals surface area (Å²) < 4.78 is 16.1. The van der Waals surface area contributed by atoms with E-state index in [-0.39, 0.29) is 6.79 Å². The van der Waals surface area contributed by atoms with Crippen LogP contribution in [0.3, 0.4) is 0 Å². The van der Waals surface area contributed by atoms with E-state index in [0.717, 1.165) is 39.0 Å². The Morgan fingerprint density at radius 1 is 0.967 bits per heavy atom. The average Bonchev–Trinajstić information content (AvgIpc) is 3.20. The van der Waals surface area contributed by atoms with E-state index in [1.807, 2.05) is 66.7 Å². The molecule has 30 heavy (non-hydrogen) atoms. The third kappa shape index (κ3) is 3.99. The summed E-state index contributed by atoms with van der Waals surface area (Å²) in [7, 11) is 3.21. The van der Waals surface area contributed by atoms with Crippen LogP contribution in [0, 0.1) is 0 Å². The monoisotopic (exact) mass is 401 g/mol. The zero-order chi connectivity index (χ0) is 20.9. The summed E-state index contributed by atoms with van der Waals surface area (Å²) in [6, 6.07) is 19.7. The molecule has 0 bridgehead atoms. The van der Waals surface area contributed by atoms with E-state index in [0.29, 0.717) is 11.5 Å². The molecule has 6 heteroatoms. The van der Waals surface area contributed by atoms with Crippen LogP contribution in [0.4, 0.5) is 5.69 Å². The van der Waals surface area contributed by atoms with E-state index in [1.54, 1.807) is 14.2 Å². The molecule has 0 spiro atoms. The normalized spacial score (nSPS) is 11.3. The summed E-state index contributed by atoms with van der Waals surface area (Å²) >= 11 is 0. The molecule has 152 valence electrons. The summed E-state index contributed by atoms with van der Waals surface area (Å²) in [6.07, 6.45) is 4.02. The van der Waals surface area contributed by atoms with Crippen molar-refractivity contribution in [3.63, 3.8) is 0 Å². The van der Waals surface area contributed by atoms with E-state index in [2.05, 4.69) is 16.3 Å². The van der Waals surface area contributed by atoms with Gasteiger partial charge in [-0.3, -0.25) is 5.10 Å². The quantitative estimate of drug-likeness (QED) is 0.337. The van der Waals surface area contributed by atoms with Crippen molar-refractivity contribution in [1.29, 1.82) is 0 Å². The average molecular weight is 401 g/mol. The summed E-state index contributed by atoms with van der Waals surface area (Å²) in [6.45, 7) is 0.160. The maximum Gasteiger partial charge on any atom is 0.188 e. The van der Waals surface area contributed by atoms with Gasteiger partial charge < -0.3 is 19.9 Å². The lowest BCUT2D eigenvalue weighted by molar-refractivity contribution is 0.0492. The largest absolute Gasteiger partial charge is 0.493 e. The molecule has 1 aromatic heterocycles. The standard InChI is InChI=1S/C24H23N3O3/c1-28-15-30-22-13-9-17(14-23(22)29-2)19-4-3-5-20-24(19)21(27-26-20)12-8-16-6-10-18(25)11-7-16/h3-14H,15,25H2,1-2H3,(H,26,27)/b12-8+. The number of nitrogen functional groups attached to an aromatic ring is 1. The van der Waals surface area contributed by atoms with Gasteiger partial charge in [-0.25, -0.2) is 0 Å². The van der Waals surface area contributed by atoms with Gasteiger partial charge in [0.25, 0.3) is 0 Å². The van der Waals surface area contributed by atoms with Crippen LogP contribution in [0.15, 0.2) is 60.7 Å². The number of H-pyrrole nitrogens is 1. The Morgan fingerprint density at radius 2 is 1.80 bits per heavy atom. The fraction of sp³-hybridized carbons (Fsp3) is 0.125. The predicted octanol–water partition coefficient (Wildman–Crippen LogP) is 4.97. The van der Waals surface area contributed by atoms with Crippen molar-refractivity contribution in [3.8, 4) is 22.6 Å². The summed E-state index contributed by atoms with van der Waals surface area (Å²) in [5.41, 5.74) is 11.4. The van der Waals surface area contributed by atoms with E-state index < -0.39 is 0 Å². The number of aromatic amines is 1. The second-order valence-electron chi connectivity index (χ2n) is 6.75. The molecule has 0 aliphatic rings. The van der Waals surface area contributed by atoms with Crippen molar-refractivity contribution in [2.45, 2.75) is 0 Å². The van der Waals surface area contributed by atoms with Crippen LogP contribution in [0.2, 0.25) is 0 Å². The number of rotatable bonds is 7. The zero-order valence-corrected chi connectivity index (χ0v) is 16.9. The van der Waals surface area contributed by atoms with Crippen LogP contribution in [0.25, 0.3) is 34.2 Å². The van der Waals surface area contributed by atoms with E-state index in [4.69, 9.17) is 19.9 Å². The lowest BCUT2D eigenvalue weighted by Gasteiger charge is -2.12. The Morgan fingerprint density at radius 3 is 2.57 bits per heavy atom. The van der Waals surface area contributed by atoms with Crippen LogP contribution in [-0.4, -0.2) is 31.2 Å². The highest BCUT2D eigenvalue weighted by molar-refractivity contribution is 6.01. The highest BCUT2D eigenvalue weighted by Crippen LogP contribution is 2.36. The number of aromatic nitrogens is 2. The highest BCUT2D eigenvalue weighted by Gasteiger charge is 2.13. The summed E-state index contributed by atoms with van der Waals surface area (Å²) in [4.78, 5) is 0. The molecule has 3 aromatic carbocycles. The summed E-state index contributed by atoms with van der Waals surface area (Å²) in [5.74, 6) is 1.27. The van der Waals surface area contributed by atoms with Crippen LogP contribution in [0.1, 0.15) is 11.3 Å². The molecule has 0 aliphatic heterocycles. The second-order valence-corrected chi connectivity index (χ2v) is 6.75. The molecule has 0 atom stereocenters. The van der Waals surface area contributed by atoms with Gasteiger partial charge in [-0.05, 0) is 53.1 Å². The first-order valence-corrected chi connectivity index (χ1v) is 9.50. The van der Waals surface area contributed by atoms with E-state index in [9.17, 15) is 0 Å². The summed E-state index contributed by atoms with van der Waals surface area (Å²) in [5, 5.41) is 8.66. The lowest BCUT2D eigenvalue weighted by Crippen LogP contribution is -2.00. The highest BCUT2D eigenvalue weighted by atomic mass is 16.7. The van der Waals surface area contributed by atoms with Crippen molar-refractivity contribution in [3.05, 3.63) is 71.9 Å². The minimum Gasteiger partial charge on any atom is -0.493 e. The third-order valence-electron chi connectivity index (χ3n) is 4.79. The molecule has 4 aromatic rings. The van der Waals surface area contributed by atoms with Gasteiger partial charge >= 0.3 is 0 Å².